The third kappa shape index (κ3) is 5.78. The van der Waals surface area contributed by atoms with Gasteiger partial charge in [-0.2, -0.15) is 0 Å². The minimum atomic E-state index is -0.202. The highest BCUT2D eigenvalue weighted by molar-refractivity contribution is 5.91. The van der Waals surface area contributed by atoms with Gasteiger partial charge in [0.15, 0.2) is 6.61 Å². The summed E-state index contributed by atoms with van der Waals surface area (Å²) >= 11 is 0. The molecular weight excluding hydrogens is 340 g/mol. The topological polar surface area (TPSA) is 70.6 Å². The number of nitrogens with one attached hydrogen (secondary N) is 2. The van der Waals surface area contributed by atoms with Gasteiger partial charge in [-0.1, -0.05) is 29.8 Å². The maximum Gasteiger partial charge on any atom is 0.262 e. The summed E-state index contributed by atoms with van der Waals surface area (Å²) in [6.45, 7) is 2.55. The molecule has 0 aliphatic carbocycles. The molecule has 0 heterocycles. The van der Waals surface area contributed by atoms with Crippen LogP contribution in [0.1, 0.15) is 11.1 Å². The molecule has 5 nitrogen and oxygen atoms in total. The lowest BCUT2D eigenvalue weighted by Crippen LogP contribution is -2.20. The number of hydrogen-bond acceptors (Lipinski definition) is 4. The van der Waals surface area contributed by atoms with Gasteiger partial charge in [0.1, 0.15) is 11.5 Å². The van der Waals surface area contributed by atoms with Gasteiger partial charge in [0.25, 0.3) is 5.91 Å². The second-order valence-corrected chi connectivity index (χ2v) is 6.25. The van der Waals surface area contributed by atoms with Gasteiger partial charge >= 0.3 is 0 Å². The fourth-order valence-corrected chi connectivity index (χ4v) is 2.51. The Kier molecular flexibility index (Phi) is 5.94. The highest BCUT2D eigenvalue weighted by Crippen LogP contribution is 2.17. The minimum absolute atomic E-state index is 0.0529. The minimum Gasteiger partial charge on any atom is -0.508 e. The predicted molar refractivity (Wildman–Crippen MR) is 107 cm³/mol. The number of amides is 1. The van der Waals surface area contributed by atoms with Crippen LogP contribution in [0.3, 0.4) is 0 Å². The van der Waals surface area contributed by atoms with E-state index < -0.39 is 0 Å². The van der Waals surface area contributed by atoms with E-state index in [4.69, 9.17) is 4.74 Å². The van der Waals surface area contributed by atoms with Gasteiger partial charge in [-0.15, -0.1) is 0 Å². The maximum absolute atomic E-state index is 12.0. The number of carbonyl (C=O) groups is 1. The Morgan fingerprint density at radius 2 is 1.67 bits per heavy atom. The summed E-state index contributed by atoms with van der Waals surface area (Å²) in [7, 11) is 0. The number of phenolic OH excluding ortho intramolecular Hbond substituents is 1. The van der Waals surface area contributed by atoms with Crippen LogP contribution in [0.4, 0.5) is 11.4 Å². The number of aryl methyl sites for hydroxylation is 1. The van der Waals surface area contributed by atoms with E-state index in [9.17, 15) is 9.90 Å². The largest absolute Gasteiger partial charge is 0.508 e. The summed E-state index contributed by atoms with van der Waals surface area (Å²) in [5.74, 6) is 0.672. The molecule has 3 aromatic carbocycles. The van der Waals surface area contributed by atoms with Crippen LogP contribution < -0.4 is 15.4 Å². The molecule has 1 amide bonds. The summed E-state index contributed by atoms with van der Waals surface area (Å²) in [6.07, 6.45) is 0. The highest BCUT2D eigenvalue weighted by atomic mass is 16.5. The van der Waals surface area contributed by atoms with E-state index >= 15 is 0 Å². The number of carbonyl (C=O) groups excluding carboxylic acids is 1. The van der Waals surface area contributed by atoms with E-state index in [-0.39, 0.29) is 18.3 Å². The molecule has 0 fully saturated rings. The Balaban J connectivity index is 1.50. The first-order chi connectivity index (χ1) is 13.1. The molecule has 0 radical (unpaired) electrons. The molecule has 3 rings (SSSR count). The summed E-state index contributed by atoms with van der Waals surface area (Å²) in [4.78, 5) is 12.0. The smallest absolute Gasteiger partial charge is 0.262 e. The van der Waals surface area contributed by atoms with Gasteiger partial charge in [-0.25, -0.2) is 0 Å². The van der Waals surface area contributed by atoms with E-state index in [1.807, 2.05) is 67.6 Å². The molecule has 138 valence electrons. The van der Waals surface area contributed by atoms with Crippen LogP contribution in [0, 0.1) is 6.92 Å². The molecule has 0 saturated heterocycles. The van der Waals surface area contributed by atoms with Crippen molar-refractivity contribution in [3.05, 3.63) is 83.9 Å². The van der Waals surface area contributed by atoms with Crippen molar-refractivity contribution in [2.24, 2.45) is 0 Å². The van der Waals surface area contributed by atoms with Gasteiger partial charge in [0.2, 0.25) is 0 Å². The molecule has 5 heteroatoms. The summed E-state index contributed by atoms with van der Waals surface area (Å²) < 4.78 is 5.60. The first kappa shape index (κ1) is 18.3. The van der Waals surface area contributed by atoms with Crippen molar-refractivity contribution in [1.82, 2.24) is 0 Å². The number of benzene rings is 3. The monoisotopic (exact) mass is 362 g/mol. The number of aromatic hydroxyl groups is 1. The zero-order valence-electron chi connectivity index (χ0n) is 15.1. The third-order valence-electron chi connectivity index (χ3n) is 3.97. The van der Waals surface area contributed by atoms with Crippen molar-refractivity contribution in [1.29, 1.82) is 0 Å². The van der Waals surface area contributed by atoms with Gasteiger partial charge < -0.3 is 20.5 Å². The zero-order valence-corrected chi connectivity index (χ0v) is 15.1. The van der Waals surface area contributed by atoms with E-state index in [2.05, 4.69) is 10.6 Å². The Morgan fingerprint density at radius 1 is 0.963 bits per heavy atom. The standard InChI is InChI=1S/C22H22N2O3/c1-16-5-7-19(8-6-16)24-22(26)15-27-21-4-2-3-17(13-21)14-23-18-9-11-20(25)12-10-18/h2-13,23,25H,14-15H2,1H3,(H,24,26). The number of phenols is 1. The molecule has 0 aliphatic rings. The van der Waals surface area contributed by atoms with Crippen molar-refractivity contribution in [3.63, 3.8) is 0 Å². The van der Waals surface area contributed by atoms with Crippen molar-refractivity contribution >= 4 is 17.3 Å². The van der Waals surface area contributed by atoms with Crippen LogP contribution in [0.5, 0.6) is 11.5 Å². The first-order valence-electron chi connectivity index (χ1n) is 8.70. The fourth-order valence-electron chi connectivity index (χ4n) is 2.51. The van der Waals surface area contributed by atoms with E-state index in [0.717, 1.165) is 22.5 Å². The number of ether oxygens (including phenoxy) is 1. The van der Waals surface area contributed by atoms with Gasteiger partial charge in [0.05, 0.1) is 0 Å². The van der Waals surface area contributed by atoms with Crippen molar-refractivity contribution in [3.8, 4) is 11.5 Å². The van der Waals surface area contributed by atoms with Crippen LogP contribution in [-0.4, -0.2) is 17.6 Å². The van der Waals surface area contributed by atoms with Gasteiger partial charge in [0, 0.05) is 17.9 Å². The maximum atomic E-state index is 12.0. The molecule has 27 heavy (non-hydrogen) atoms. The van der Waals surface area contributed by atoms with E-state index in [0.29, 0.717) is 12.3 Å². The molecule has 0 bridgehead atoms. The van der Waals surface area contributed by atoms with Crippen LogP contribution in [0.2, 0.25) is 0 Å². The lowest BCUT2D eigenvalue weighted by molar-refractivity contribution is -0.118. The van der Waals surface area contributed by atoms with Crippen LogP contribution in [-0.2, 0) is 11.3 Å². The molecule has 0 aromatic heterocycles. The Labute approximate surface area is 158 Å². The normalized spacial score (nSPS) is 10.3. The Bertz CT molecular complexity index is 890. The zero-order chi connectivity index (χ0) is 19.1. The van der Waals surface area contributed by atoms with Crippen molar-refractivity contribution < 1.29 is 14.6 Å². The van der Waals surface area contributed by atoms with Crippen LogP contribution in [0.15, 0.2) is 72.8 Å². The van der Waals surface area contributed by atoms with Crippen LogP contribution >= 0.6 is 0 Å². The second kappa shape index (κ2) is 8.76. The molecule has 0 saturated carbocycles. The highest BCUT2D eigenvalue weighted by Gasteiger charge is 2.04. The van der Waals surface area contributed by atoms with Gasteiger partial charge in [-0.05, 0) is 61.0 Å². The number of anilines is 2. The van der Waals surface area contributed by atoms with Crippen LogP contribution in [0.25, 0.3) is 0 Å². The van der Waals surface area contributed by atoms with Crippen molar-refractivity contribution in [2.75, 3.05) is 17.2 Å². The quantitative estimate of drug-likeness (QED) is 0.547. The molecule has 0 unspecified atom stereocenters. The van der Waals surface area contributed by atoms with Gasteiger partial charge in [-0.3, -0.25) is 4.79 Å². The van der Waals surface area contributed by atoms with E-state index in [1.165, 1.54) is 0 Å². The van der Waals surface area contributed by atoms with Crippen molar-refractivity contribution in [2.45, 2.75) is 13.5 Å². The molecule has 3 N–H and O–H groups in total. The summed E-state index contributed by atoms with van der Waals surface area (Å²) in [6, 6.07) is 22.1. The summed E-state index contributed by atoms with van der Waals surface area (Å²) in [5.41, 5.74) is 3.83. The number of rotatable bonds is 7. The lowest BCUT2D eigenvalue weighted by Gasteiger charge is -2.10. The Hall–Kier alpha value is -3.47. The molecule has 0 aliphatic heterocycles. The second-order valence-electron chi connectivity index (χ2n) is 6.25. The molecule has 0 atom stereocenters. The predicted octanol–water partition coefficient (Wildman–Crippen LogP) is 4.33. The van der Waals surface area contributed by atoms with E-state index in [1.54, 1.807) is 12.1 Å². The summed E-state index contributed by atoms with van der Waals surface area (Å²) in [5, 5.41) is 15.4. The SMILES string of the molecule is Cc1ccc(NC(=O)COc2cccc(CNc3ccc(O)cc3)c2)cc1. The lowest BCUT2D eigenvalue weighted by atomic mass is 10.2. The Morgan fingerprint density at radius 3 is 2.41 bits per heavy atom. The fraction of sp³-hybridized carbons (Fsp3) is 0.136. The first-order valence-corrected chi connectivity index (χ1v) is 8.70. The average Bonchev–Trinajstić information content (AvgIpc) is 2.68. The number of hydrogen-bond donors (Lipinski definition) is 3. The molecule has 0 spiro atoms. The average molecular weight is 362 g/mol. The molecular formula is C22H22N2O3. The third-order valence-corrected chi connectivity index (χ3v) is 3.97. The molecule has 3 aromatic rings.